The molecule has 0 aromatic carbocycles. The van der Waals surface area contributed by atoms with Crippen LogP contribution in [0, 0.1) is 14.9 Å². The summed E-state index contributed by atoms with van der Waals surface area (Å²) in [7, 11) is 0. The summed E-state index contributed by atoms with van der Waals surface area (Å²) in [5.74, 6) is 0. The van der Waals surface area contributed by atoms with E-state index >= 15 is 0 Å². The minimum atomic E-state index is 0. The molecule has 0 bridgehead atoms. The molecule has 0 atom stereocenters. The largest absolute Gasteiger partial charge is 2.00 e. The Morgan fingerprint density at radius 3 is 0.500 bits per heavy atom. The predicted octanol–water partition coefficient (Wildman–Crippen LogP) is -5.85. The molecule has 0 N–H and O–H groups in total. The maximum Gasteiger partial charge on any atom is 2.00 e. The van der Waals surface area contributed by atoms with E-state index in [1.54, 1.807) is 0 Å². The van der Waals surface area contributed by atoms with Gasteiger partial charge in [0.1, 0.15) is 0 Å². The number of rotatable bonds is 0. The molecule has 0 heterocycles. The molecule has 32 valence electrons. The smallest absolute Gasteiger partial charge is 1.00 e. The predicted molar refractivity (Wildman–Crippen MR) is 24.3 cm³/mol. The van der Waals surface area contributed by atoms with Crippen LogP contribution in [0.3, 0.4) is 0 Å². The van der Waals surface area contributed by atoms with E-state index in [4.69, 9.17) is 0 Å². The molecule has 0 nitrogen and oxygen atoms in total. The molecule has 0 radical (unpaired) electrons. The Bertz CT molecular complexity index is 9.51. The molecule has 0 rings (SSSR count). The fourth-order valence-electron chi connectivity index (χ4n) is 0. The van der Waals surface area contributed by atoms with Gasteiger partial charge in [0.2, 0.25) is 0 Å². The van der Waals surface area contributed by atoms with Crippen LogP contribution in [0.15, 0.2) is 0 Å². The first-order valence-electron chi connectivity index (χ1n) is 0. The van der Waals surface area contributed by atoms with Gasteiger partial charge >= 0.3 is 46.1 Å². The molecule has 0 aromatic rings. The molecule has 0 amide bonds. The monoisotopic (exact) mass is 236 g/mol. The molecule has 0 aromatic heterocycles. The summed E-state index contributed by atoms with van der Waals surface area (Å²) in [5.41, 5.74) is 0. The van der Waals surface area contributed by atoms with Crippen molar-refractivity contribution in [1.82, 2.24) is 0 Å². The van der Waals surface area contributed by atoms with Gasteiger partial charge < -0.3 is 48.8 Å². The van der Waals surface area contributed by atoms with Crippen molar-refractivity contribution in [1.29, 1.82) is 0 Å². The zero-order valence-electron chi connectivity index (χ0n) is 4.17. The van der Waals surface area contributed by atoms with E-state index in [1.165, 1.54) is 0 Å². The standard InChI is InChI=1S/2CH3.2BrH.2Mg/h2*1H3;2*1H;;/q2*-1;;;2*+2/p-2. The SMILES string of the molecule is [Br-].[Br-].[CH3-].[CH3-].[Mg+2].[Mg+2]. The summed E-state index contributed by atoms with van der Waals surface area (Å²) in [4.78, 5) is 0. The van der Waals surface area contributed by atoms with Gasteiger partial charge in [0.05, 0.1) is 0 Å². The zero-order chi connectivity index (χ0) is 0. The van der Waals surface area contributed by atoms with Crippen molar-refractivity contribution in [2.24, 2.45) is 0 Å². The van der Waals surface area contributed by atoms with Gasteiger partial charge in [-0.3, -0.25) is 0 Å². The van der Waals surface area contributed by atoms with Gasteiger partial charge in [-0.05, 0) is 0 Å². The maximum absolute atomic E-state index is 0. The van der Waals surface area contributed by atoms with Crippen molar-refractivity contribution in [3.05, 3.63) is 14.9 Å². The van der Waals surface area contributed by atoms with Crippen molar-refractivity contribution in [2.75, 3.05) is 0 Å². The molecule has 0 aliphatic carbocycles. The summed E-state index contributed by atoms with van der Waals surface area (Å²) in [5, 5.41) is 0. The van der Waals surface area contributed by atoms with Gasteiger partial charge in [-0.25, -0.2) is 0 Å². The van der Waals surface area contributed by atoms with E-state index in [0.29, 0.717) is 0 Å². The Labute approximate surface area is 93.7 Å². The van der Waals surface area contributed by atoms with Crippen LogP contribution in [0.2, 0.25) is 0 Å². The van der Waals surface area contributed by atoms with E-state index in [9.17, 15) is 0 Å². The van der Waals surface area contributed by atoms with Crippen LogP contribution in [0.5, 0.6) is 0 Å². The molecule has 0 saturated heterocycles. The average Bonchev–Trinajstić information content (AvgIpc) is 0. The van der Waals surface area contributed by atoms with Crippen molar-refractivity contribution < 1.29 is 34.0 Å². The summed E-state index contributed by atoms with van der Waals surface area (Å²) in [6, 6.07) is 0. The van der Waals surface area contributed by atoms with Crippen LogP contribution < -0.4 is 34.0 Å². The van der Waals surface area contributed by atoms with E-state index in [2.05, 4.69) is 0 Å². The van der Waals surface area contributed by atoms with Gasteiger partial charge in [0, 0.05) is 0 Å². The Kier molecular flexibility index (Phi) is 650. The van der Waals surface area contributed by atoms with E-state index < -0.39 is 0 Å². The van der Waals surface area contributed by atoms with E-state index in [1.807, 2.05) is 0 Å². The average molecular weight is 238 g/mol. The van der Waals surface area contributed by atoms with Crippen molar-refractivity contribution in [2.45, 2.75) is 0 Å². The summed E-state index contributed by atoms with van der Waals surface area (Å²) in [6.07, 6.45) is 0. The summed E-state index contributed by atoms with van der Waals surface area (Å²) < 4.78 is 0. The maximum atomic E-state index is 0. The van der Waals surface area contributed by atoms with Gasteiger partial charge in [-0.15, -0.1) is 0 Å². The van der Waals surface area contributed by atoms with Gasteiger partial charge in [0.15, 0.2) is 0 Å². The second-order valence-electron chi connectivity index (χ2n) is 0. The minimum absolute atomic E-state index is 0. The second-order valence-corrected chi connectivity index (χ2v) is 0. The molecule has 0 fully saturated rings. The van der Waals surface area contributed by atoms with Gasteiger partial charge in [-0.1, -0.05) is 0 Å². The molecule has 0 aliphatic rings. The molecule has 0 spiro atoms. The van der Waals surface area contributed by atoms with Crippen LogP contribution in [0.1, 0.15) is 0 Å². The van der Waals surface area contributed by atoms with Crippen LogP contribution >= 0.6 is 0 Å². The van der Waals surface area contributed by atoms with Crippen molar-refractivity contribution in [3.8, 4) is 0 Å². The third-order valence-electron chi connectivity index (χ3n) is 0. The van der Waals surface area contributed by atoms with Crippen LogP contribution in [0.25, 0.3) is 0 Å². The Morgan fingerprint density at radius 2 is 0.500 bits per heavy atom. The number of halogens is 2. The quantitative estimate of drug-likeness (QED) is 0.291. The molecular formula is C2H6Br2Mg2. The summed E-state index contributed by atoms with van der Waals surface area (Å²) in [6.45, 7) is 0. The topological polar surface area (TPSA) is 0 Å². The molecule has 0 unspecified atom stereocenters. The van der Waals surface area contributed by atoms with Crippen molar-refractivity contribution in [3.63, 3.8) is 0 Å². The zero-order valence-corrected chi connectivity index (χ0v) is 10.2. The Balaban J connectivity index is 0. The second kappa shape index (κ2) is 50.8. The fraction of sp³-hybridized carbons (Fsp3) is 0. The third-order valence-corrected chi connectivity index (χ3v) is 0. The Morgan fingerprint density at radius 1 is 0.500 bits per heavy atom. The molecule has 6 heavy (non-hydrogen) atoms. The normalized spacial score (nSPS) is 0. The fourth-order valence-corrected chi connectivity index (χ4v) is 0. The Hall–Kier alpha value is 2.49. The van der Waals surface area contributed by atoms with E-state index in [-0.39, 0.29) is 94.9 Å². The minimum Gasteiger partial charge on any atom is -1.00 e. The van der Waals surface area contributed by atoms with E-state index in [0.717, 1.165) is 0 Å². The van der Waals surface area contributed by atoms with Crippen LogP contribution in [0.4, 0.5) is 0 Å². The van der Waals surface area contributed by atoms with Crippen LogP contribution in [-0.2, 0) is 0 Å². The first kappa shape index (κ1) is 76.7. The molecule has 0 saturated carbocycles. The molecular weight excluding hydrogens is 232 g/mol. The van der Waals surface area contributed by atoms with Gasteiger partial charge in [-0.2, -0.15) is 0 Å². The summed E-state index contributed by atoms with van der Waals surface area (Å²) >= 11 is 0. The molecule has 0 aliphatic heterocycles. The molecule has 4 heteroatoms. The van der Waals surface area contributed by atoms with Gasteiger partial charge in [0.25, 0.3) is 0 Å². The third kappa shape index (κ3) is 31.5. The van der Waals surface area contributed by atoms with Crippen molar-refractivity contribution >= 4 is 46.1 Å². The first-order chi connectivity index (χ1) is 0. The first-order valence-corrected chi connectivity index (χ1v) is 0. The number of hydrogen-bond donors (Lipinski definition) is 0. The van der Waals surface area contributed by atoms with Crippen LogP contribution in [-0.4, -0.2) is 46.1 Å². The number of hydrogen-bond acceptors (Lipinski definition) is 0.